The lowest BCUT2D eigenvalue weighted by molar-refractivity contribution is -0.139. The van der Waals surface area contributed by atoms with Crippen molar-refractivity contribution in [2.75, 3.05) is 12.3 Å². The van der Waals surface area contributed by atoms with Crippen molar-refractivity contribution in [2.45, 2.75) is 38.6 Å². The van der Waals surface area contributed by atoms with Crippen LogP contribution in [0.2, 0.25) is 10.0 Å². The van der Waals surface area contributed by atoms with Crippen LogP contribution in [0.4, 0.5) is 4.39 Å². The SMILES string of the molecule is CC(C)CNC(=O)C(Cc1ccccc1)N(Cc1c(Cl)cccc1Cl)C(=O)CSCc1ccc(F)cc1. The molecular formula is C29H31Cl2FN2O2S. The van der Waals surface area contributed by atoms with E-state index in [0.717, 1.165) is 11.1 Å². The van der Waals surface area contributed by atoms with Crippen LogP contribution in [0.1, 0.15) is 30.5 Å². The zero-order valence-electron chi connectivity index (χ0n) is 20.9. The van der Waals surface area contributed by atoms with Gasteiger partial charge in [0.25, 0.3) is 0 Å². The highest BCUT2D eigenvalue weighted by molar-refractivity contribution is 7.99. The number of rotatable bonds is 12. The molecular weight excluding hydrogens is 530 g/mol. The lowest BCUT2D eigenvalue weighted by atomic mass is 10.0. The average molecular weight is 562 g/mol. The number of carbonyl (C=O) groups excluding carboxylic acids is 2. The molecule has 4 nitrogen and oxygen atoms in total. The summed E-state index contributed by atoms with van der Waals surface area (Å²) >= 11 is 14.3. The minimum Gasteiger partial charge on any atom is -0.354 e. The van der Waals surface area contributed by atoms with Gasteiger partial charge in [-0.3, -0.25) is 9.59 Å². The Bertz CT molecular complexity index is 1160. The molecule has 1 atom stereocenters. The normalized spacial score (nSPS) is 11.8. The maximum Gasteiger partial charge on any atom is 0.243 e. The minimum absolute atomic E-state index is 0.0983. The third kappa shape index (κ3) is 9.06. The highest BCUT2D eigenvalue weighted by Gasteiger charge is 2.31. The fourth-order valence-electron chi connectivity index (χ4n) is 3.75. The van der Waals surface area contributed by atoms with Gasteiger partial charge in [-0.05, 0) is 41.3 Å². The summed E-state index contributed by atoms with van der Waals surface area (Å²) in [4.78, 5) is 28.7. The first kappa shape index (κ1) is 29.0. The Morgan fingerprint density at radius 1 is 0.919 bits per heavy atom. The van der Waals surface area contributed by atoms with Crippen LogP contribution < -0.4 is 5.32 Å². The highest BCUT2D eigenvalue weighted by Crippen LogP contribution is 2.28. The molecule has 0 aromatic heterocycles. The molecule has 0 bridgehead atoms. The van der Waals surface area contributed by atoms with Crippen molar-refractivity contribution in [1.82, 2.24) is 10.2 Å². The van der Waals surface area contributed by atoms with Crippen molar-refractivity contribution in [2.24, 2.45) is 5.92 Å². The maximum absolute atomic E-state index is 13.7. The van der Waals surface area contributed by atoms with Gasteiger partial charge in [0.15, 0.2) is 0 Å². The summed E-state index contributed by atoms with van der Waals surface area (Å²) in [5.74, 6) is 0.206. The topological polar surface area (TPSA) is 49.4 Å². The molecule has 3 aromatic carbocycles. The van der Waals surface area contributed by atoms with Crippen molar-refractivity contribution in [3.63, 3.8) is 0 Å². The van der Waals surface area contributed by atoms with E-state index in [2.05, 4.69) is 5.32 Å². The average Bonchev–Trinajstić information content (AvgIpc) is 2.88. The van der Waals surface area contributed by atoms with Gasteiger partial charge >= 0.3 is 0 Å². The molecule has 0 saturated heterocycles. The molecule has 8 heteroatoms. The summed E-state index contributed by atoms with van der Waals surface area (Å²) in [6, 6.07) is 20.3. The predicted molar refractivity (Wildman–Crippen MR) is 151 cm³/mol. The second-order valence-electron chi connectivity index (χ2n) is 9.19. The van der Waals surface area contributed by atoms with E-state index in [9.17, 15) is 14.0 Å². The van der Waals surface area contributed by atoms with Crippen LogP contribution in [0.3, 0.4) is 0 Å². The molecule has 1 N–H and O–H groups in total. The fraction of sp³-hybridized carbons (Fsp3) is 0.310. The van der Waals surface area contributed by atoms with Crippen molar-refractivity contribution < 1.29 is 14.0 Å². The van der Waals surface area contributed by atoms with Gasteiger partial charge in [-0.2, -0.15) is 0 Å². The number of benzene rings is 3. The second kappa shape index (κ2) is 14.4. The molecule has 0 spiro atoms. The van der Waals surface area contributed by atoms with Gasteiger partial charge in [0.2, 0.25) is 11.8 Å². The van der Waals surface area contributed by atoms with Crippen LogP contribution in [0.25, 0.3) is 0 Å². The Labute approximate surface area is 232 Å². The Morgan fingerprint density at radius 2 is 1.57 bits per heavy atom. The van der Waals surface area contributed by atoms with Gasteiger partial charge < -0.3 is 10.2 Å². The Morgan fingerprint density at radius 3 is 2.19 bits per heavy atom. The van der Waals surface area contributed by atoms with Gasteiger partial charge in [0, 0.05) is 40.9 Å². The summed E-state index contributed by atoms with van der Waals surface area (Å²) in [6.45, 7) is 4.63. The van der Waals surface area contributed by atoms with Gasteiger partial charge in [-0.1, -0.05) is 85.6 Å². The smallest absolute Gasteiger partial charge is 0.243 e. The summed E-state index contributed by atoms with van der Waals surface area (Å²) < 4.78 is 13.2. The van der Waals surface area contributed by atoms with E-state index < -0.39 is 6.04 Å². The van der Waals surface area contributed by atoms with E-state index in [-0.39, 0.29) is 35.8 Å². The fourth-order valence-corrected chi connectivity index (χ4v) is 5.14. The third-order valence-electron chi connectivity index (χ3n) is 5.75. The van der Waals surface area contributed by atoms with E-state index in [1.807, 2.05) is 44.2 Å². The van der Waals surface area contributed by atoms with Gasteiger partial charge in [0.1, 0.15) is 11.9 Å². The molecule has 3 aromatic rings. The molecule has 0 aliphatic rings. The lowest BCUT2D eigenvalue weighted by Gasteiger charge is -2.32. The van der Waals surface area contributed by atoms with Crippen LogP contribution in [-0.4, -0.2) is 35.1 Å². The van der Waals surface area contributed by atoms with Crippen LogP contribution in [0.5, 0.6) is 0 Å². The van der Waals surface area contributed by atoms with Crippen LogP contribution in [0.15, 0.2) is 72.8 Å². The van der Waals surface area contributed by atoms with E-state index in [0.29, 0.717) is 34.3 Å². The number of hydrogen-bond donors (Lipinski definition) is 1. The summed E-state index contributed by atoms with van der Waals surface area (Å²) in [5, 5.41) is 3.87. The maximum atomic E-state index is 13.7. The molecule has 0 heterocycles. The zero-order chi connectivity index (χ0) is 26.8. The van der Waals surface area contributed by atoms with Gasteiger partial charge in [-0.15, -0.1) is 11.8 Å². The number of thioether (sulfide) groups is 1. The molecule has 0 radical (unpaired) electrons. The number of carbonyl (C=O) groups is 2. The van der Waals surface area contributed by atoms with Crippen LogP contribution in [-0.2, 0) is 28.3 Å². The Balaban J connectivity index is 1.88. The Kier molecular flexibility index (Phi) is 11.3. The molecule has 196 valence electrons. The van der Waals surface area contributed by atoms with Crippen molar-refractivity contribution >= 4 is 46.8 Å². The first-order chi connectivity index (χ1) is 17.7. The van der Waals surface area contributed by atoms with Crippen molar-refractivity contribution in [3.8, 4) is 0 Å². The number of amides is 2. The van der Waals surface area contributed by atoms with E-state index in [4.69, 9.17) is 23.2 Å². The summed E-state index contributed by atoms with van der Waals surface area (Å²) in [6.07, 6.45) is 0.348. The number of nitrogens with one attached hydrogen (secondary N) is 1. The monoisotopic (exact) mass is 560 g/mol. The van der Waals surface area contributed by atoms with E-state index in [1.54, 1.807) is 35.2 Å². The van der Waals surface area contributed by atoms with E-state index >= 15 is 0 Å². The van der Waals surface area contributed by atoms with Crippen molar-refractivity contribution in [1.29, 1.82) is 0 Å². The zero-order valence-corrected chi connectivity index (χ0v) is 23.3. The number of halogens is 3. The molecule has 37 heavy (non-hydrogen) atoms. The molecule has 2 amide bonds. The molecule has 0 fully saturated rings. The third-order valence-corrected chi connectivity index (χ3v) is 7.45. The molecule has 3 rings (SSSR count). The quantitative estimate of drug-likeness (QED) is 0.265. The first-order valence-electron chi connectivity index (χ1n) is 12.1. The van der Waals surface area contributed by atoms with Crippen molar-refractivity contribution in [3.05, 3.63) is 105 Å². The minimum atomic E-state index is -0.757. The summed E-state index contributed by atoms with van der Waals surface area (Å²) in [7, 11) is 0. The first-order valence-corrected chi connectivity index (χ1v) is 14.0. The number of nitrogens with zero attached hydrogens (tertiary/aromatic N) is 1. The van der Waals surface area contributed by atoms with Gasteiger partial charge in [-0.25, -0.2) is 4.39 Å². The molecule has 1 unspecified atom stereocenters. The predicted octanol–water partition coefficient (Wildman–Crippen LogP) is 6.78. The standard InChI is InChI=1S/C29H31Cl2FN2O2S/c1-20(2)16-33-29(36)27(15-21-7-4-3-5-8-21)34(17-24-25(30)9-6-10-26(24)31)28(35)19-37-18-22-11-13-23(32)14-12-22/h3-14,20,27H,15-19H2,1-2H3,(H,33,36). The highest BCUT2D eigenvalue weighted by atomic mass is 35.5. The molecule has 0 aliphatic heterocycles. The van der Waals surface area contributed by atoms with E-state index in [1.165, 1.54) is 23.9 Å². The molecule has 0 aliphatic carbocycles. The number of hydrogen-bond acceptors (Lipinski definition) is 3. The molecule has 0 saturated carbocycles. The lowest BCUT2D eigenvalue weighted by Crippen LogP contribution is -2.51. The van der Waals surface area contributed by atoms with Gasteiger partial charge in [0.05, 0.1) is 5.75 Å². The second-order valence-corrected chi connectivity index (χ2v) is 11.0. The van der Waals surface area contributed by atoms with Crippen LogP contribution >= 0.6 is 35.0 Å². The Hall–Kier alpha value is -2.54. The van der Waals surface area contributed by atoms with Crippen LogP contribution in [0, 0.1) is 11.7 Å². The largest absolute Gasteiger partial charge is 0.354 e. The summed E-state index contributed by atoms with van der Waals surface area (Å²) in [5.41, 5.74) is 2.45.